The van der Waals surface area contributed by atoms with Crippen LogP contribution in [0.25, 0.3) is 0 Å². The molecule has 2 aliphatic heterocycles. The summed E-state index contributed by atoms with van der Waals surface area (Å²) in [5.74, 6) is -2.51. The number of aliphatic carboxylic acids is 1. The minimum atomic E-state index is -5.08. The molecule has 2 fully saturated rings. The largest absolute Gasteiger partial charge is 0.490 e. The van der Waals surface area contributed by atoms with Gasteiger partial charge < -0.3 is 14.7 Å². The van der Waals surface area contributed by atoms with Crippen LogP contribution in [0.4, 0.5) is 13.2 Å². The SMILES string of the molecule is COCCN1C(=O)C(c2ccccc2)CC12CCN(Cc1cnn(C)c1)CC2.O=C(O)C(F)(F)F. The second kappa shape index (κ2) is 11.2. The third-order valence-electron chi connectivity index (χ3n) is 6.64. The smallest absolute Gasteiger partial charge is 0.475 e. The molecular formula is C24H31F3N4O4. The number of carbonyl (C=O) groups is 2. The number of carboxylic acids is 1. The summed E-state index contributed by atoms with van der Waals surface area (Å²) >= 11 is 0. The lowest BCUT2D eigenvalue weighted by Gasteiger charge is -2.45. The van der Waals surface area contributed by atoms with Crippen molar-refractivity contribution in [2.45, 2.75) is 43.4 Å². The van der Waals surface area contributed by atoms with Gasteiger partial charge in [0.2, 0.25) is 5.91 Å². The zero-order valence-electron chi connectivity index (χ0n) is 19.9. The zero-order valence-corrected chi connectivity index (χ0v) is 19.9. The number of methoxy groups -OCH3 is 1. The maximum absolute atomic E-state index is 13.3. The highest BCUT2D eigenvalue weighted by Gasteiger charge is 2.51. The third-order valence-corrected chi connectivity index (χ3v) is 6.64. The summed E-state index contributed by atoms with van der Waals surface area (Å²) in [5, 5.41) is 11.4. The number of ether oxygens (including phenoxy) is 1. The van der Waals surface area contributed by atoms with Crippen LogP contribution < -0.4 is 0 Å². The minimum Gasteiger partial charge on any atom is -0.475 e. The fourth-order valence-corrected chi connectivity index (χ4v) is 4.89. The molecule has 11 heteroatoms. The maximum atomic E-state index is 13.3. The molecule has 0 saturated carbocycles. The normalized spacial score (nSPS) is 20.1. The second-order valence-electron chi connectivity index (χ2n) is 8.98. The number of likely N-dealkylation sites (tertiary alicyclic amines) is 2. The van der Waals surface area contributed by atoms with Crippen LogP contribution in [0.15, 0.2) is 42.7 Å². The molecule has 3 heterocycles. The van der Waals surface area contributed by atoms with Crippen molar-refractivity contribution in [1.29, 1.82) is 0 Å². The molecule has 0 bridgehead atoms. The zero-order chi connectivity index (χ0) is 25.6. The molecule has 4 rings (SSSR count). The lowest BCUT2D eigenvalue weighted by atomic mass is 9.81. The summed E-state index contributed by atoms with van der Waals surface area (Å²) in [5.41, 5.74) is 2.35. The van der Waals surface area contributed by atoms with E-state index < -0.39 is 12.1 Å². The van der Waals surface area contributed by atoms with Gasteiger partial charge >= 0.3 is 12.1 Å². The van der Waals surface area contributed by atoms with Gasteiger partial charge in [-0.3, -0.25) is 14.4 Å². The Kier molecular flexibility index (Phi) is 8.55. The van der Waals surface area contributed by atoms with Crippen molar-refractivity contribution in [1.82, 2.24) is 19.6 Å². The molecule has 8 nitrogen and oxygen atoms in total. The van der Waals surface area contributed by atoms with Gasteiger partial charge in [0.1, 0.15) is 0 Å². The predicted molar refractivity (Wildman–Crippen MR) is 122 cm³/mol. The van der Waals surface area contributed by atoms with E-state index in [1.807, 2.05) is 36.1 Å². The number of aryl methyl sites for hydroxylation is 1. The van der Waals surface area contributed by atoms with Gasteiger partial charge in [-0.2, -0.15) is 18.3 Å². The van der Waals surface area contributed by atoms with Gasteiger partial charge in [0.25, 0.3) is 0 Å². The van der Waals surface area contributed by atoms with E-state index in [0.29, 0.717) is 13.2 Å². The number of nitrogens with zero attached hydrogens (tertiary/aromatic N) is 4. The number of hydrogen-bond donors (Lipinski definition) is 1. The van der Waals surface area contributed by atoms with Crippen molar-refractivity contribution in [3.8, 4) is 0 Å². The minimum absolute atomic E-state index is 0.0251. The highest BCUT2D eigenvalue weighted by Crippen LogP contribution is 2.45. The van der Waals surface area contributed by atoms with Crippen molar-refractivity contribution in [2.75, 3.05) is 33.4 Å². The summed E-state index contributed by atoms with van der Waals surface area (Å²) in [4.78, 5) is 26.8. The summed E-state index contributed by atoms with van der Waals surface area (Å²) in [6.45, 7) is 4.22. The Morgan fingerprint density at radius 2 is 1.86 bits per heavy atom. The van der Waals surface area contributed by atoms with Crippen LogP contribution >= 0.6 is 0 Å². The number of rotatable bonds is 6. The van der Waals surface area contributed by atoms with Crippen molar-refractivity contribution >= 4 is 11.9 Å². The summed E-state index contributed by atoms with van der Waals surface area (Å²) in [7, 11) is 3.66. The molecule has 1 aromatic carbocycles. The molecule has 2 saturated heterocycles. The van der Waals surface area contributed by atoms with Gasteiger partial charge in [0.05, 0.1) is 18.7 Å². The van der Waals surface area contributed by atoms with Crippen molar-refractivity contribution in [2.24, 2.45) is 7.05 Å². The van der Waals surface area contributed by atoms with E-state index >= 15 is 0 Å². The van der Waals surface area contributed by atoms with Gasteiger partial charge in [-0.15, -0.1) is 0 Å². The van der Waals surface area contributed by atoms with Crippen LogP contribution in [-0.4, -0.2) is 81.6 Å². The Hall–Kier alpha value is -2.92. The predicted octanol–water partition coefficient (Wildman–Crippen LogP) is 3.05. The lowest BCUT2D eigenvalue weighted by molar-refractivity contribution is -0.192. The molecule has 192 valence electrons. The van der Waals surface area contributed by atoms with E-state index in [2.05, 4.69) is 33.2 Å². The number of halogens is 3. The van der Waals surface area contributed by atoms with E-state index in [1.165, 1.54) is 5.56 Å². The van der Waals surface area contributed by atoms with Crippen LogP contribution in [0.1, 0.15) is 36.3 Å². The Balaban J connectivity index is 0.000000429. The Morgan fingerprint density at radius 3 is 2.37 bits per heavy atom. The monoisotopic (exact) mass is 496 g/mol. The molecule has 0 aliphatic carbocycles. The quantitative estimate of drug-likeness (QED) is 0.662. The molecule has 1 atom stereocenters. The summed E-state index contributed by atoms with van der Waals surface area (Å²) in [6.07, 6.45) is 1.90. The number of aromatic nitrogens is 2. The van der Waals surface area contributed by atoms with Crippen LogP contribution in [0.5, 0.6) is 0 Å². The van der Waals surface area contributed by atoms with Crippen molar-refractivity contribution < 1.29 is 32.6 Å². The molecule has 35 heavy (non-hydrogen) atoms. The van der Waals surface area contributed by atoms with Gasteiger partial charge in [0.15, 0.2) is 0 Å². The average Bonchev–Trinajstić information content (AvgIpc) is 3.35. The number of carbonyl (C=O) groups excluding carboxylic acids is 1. The molecule has 0 radical (unpaired) electrons. The van der Waals surface area contributed by atoms with E-state index in [9.17, 15) is 18.0 Å². The van der Waals surface area contributed by atoms with Gasteiger partial charge in [-0.25, -0.2) is 4.79 Å². The second-order valence-corrected chi connectivity index (χ2v) is 8.98. The van der Waals surface area contributed by atoms with Gasteiger partial charge in [-0.1, -0.05) is 30.3 Å². The van der Waals surface area contributed by atoms with Crippen molar-refractivity contribution in [3.63, 3.8) is 0 Å². The molecule has 1 aromatic heterocycles. The molecule has 1 amide bonds. The standard InChI is InChI=1S/C22H30N4O2.C2HF3O2/c1-24-16-18(15-23-24)17-25-10-8-22(9-11-25)14-20(19-6-4-3-5-7-19)21(27)26(22)12-13-28-2;3-2(4,5)1(6)7/h3-7,15-16,20H,8-14,17H2,1-2H3;(H,6,7). The van der Waals surface area contributed by atoms with E-state index in [1.54, 1.807) is 7.11 Å². The fraction of sp³-hybridized carbons (Fsp3) is 0.542. The van der Waals surface area contributed by atoms with Gasteiger partial charge in [0, 0.05) is 57.6 Å². The Morgan fingerprint density at radius 1 is 1.23 bits per heavy atom. The van der Waals surface area contributed by atoms with E-state index in [0.717, 1.165) is 44.5 Å². The maximum Gasteiger partial charge on any atom is 0.490 e. The number of alkyl halides is 3. The molecular weight excluding hydrogens is 465 g/mol. The summed E-state index contributed by atoms with van der Waals surface area (Å²) < 4.78 is 38.9. The van der Waals surface area contributed by atoms with E-state index in [4.69, 9.17) is 14.6 Å². The first-order valence-electron chi connectivity index (χ1n) is 11.4. The van der Waals surface area contributed by atoms with Crippen LogP contribution in [-0.2, 0) is 27.9 Å². The number of piperidine rings is 1. The first-order chi connectivity index (χ1) is 16.6. The molecule has 2 aliphatic rings. The van der Waals surface area contributed by atoms with Crippen LogP contribution in [0, 0.1) is 0 Å². The number of amides is 1. The number of carboxylic acid groups (broad SMARTS) is 1. The van der Waals surface area contributed by atoms with Gasteiger partial charge in [-0.05, 0) is 24.8 Å². The lowest BCUT2D eigenvalue weighted by Crippen LogP contribution is -2.53. The molecule has 1 N–H and O–H groups in total. The van der Waals surface area contributed by atoms with Crippen LogP contribution in [0.3, 0.4) is 0 Å². The highest BCUT2D eigenvalue weighted by atomic mass is 19.4. The summed E-state index contributed by atoms with van der Waals surface area (Å²) in [6, 6.07) is 10.3. The average molecular weight is 497 g/mol. The van der Waals surface area contributed by atoms with E-state index in [-0.39, 0.29) is 17.4 Å². The van der Waals surface area contributed by atoms with Crippen molar-refractivity contribution in [3.05, 3.63) is 53.9 Å². The molecule has 1 spiro atoms. The third kappa shape index (κ3) is 6.61. The fourth-order valence-electron chi connectivity index (χ4n) is 4.89. The highest BCUT2D eigenvalue weighted by molar-refractivity contribution is 5.87. The molecule has 2 aromatic rings. The first kappa shape index (κ1) is 26.7. The Bertz CT molecular complexity index is 988. The first-order valence-corrected chi connectivity index (χ1v) is 11.4. The number of hydrogen-bond acceptors (Lipinski definition) is 5. The molecule has 1 unspecified atom stereocenters. The number of benzene rings is 1. The Labute approximate surface area is 202 Å². The topological polar surface area (TPSA) is 87.9 Å². The van der Waals surface area contributed by atoms with Crippen LogP contribution in [0.2, 0.25) is 0 Å².